The maximum absolute atomic E-state index is 15.4. The van der Waals surface area contributed by atoms with E-state index in [-0.39, 0.29) is 70.3 Å². The first-order valence-electron chi connectivity index (χ1n) is 38.5. The third-order valence-corrected chi connectivity index (χ3v) is 21.5. The molecule has 15 rings (SSSR count). The summed E-state index contributed by atoms with van der Waals surface area (Å²) in [6.45, 7) is -7.95. The lowest BCUT2D eigenvalue weighted by Crippen LogP contribution is -2.32. The Labute approximate surface area is 753 Å². The highest BCUT2D eigenvalue weighted by atomic mass is 19.4. The molecule has 140 heavy (non-hydrogen) atoms. The van der Waals surface area contributed by atoms with Crippen molar-refractivity contribution in [3.8, 4) is 55.9 Å². The molecule has 0 aliphatic heterocycles. The zero-order valence-electron chi connectivity index (χ0n) is 67.7. The first kappa shape index (κ1) is 98.4. The molecular weight excluding hydrogens is 1960 g/mol. The maximum Gasteiger partial charge on any atom is 0.416 e. The van der Waals surface area contributed by atoms with E-state index in [0.29, 0.717) is 48.5 Å². The number of aromatic nitrogens is 1. The molecule has 0 fully saturated rings. The Morgan fingerprint density at radius 1 is 0.314 bits per heavy atom. The molecule has 0 bridgehead atoms. The molecule has 0 N–H and O–H groups in total. The van der Waals surface area contributed by atoms with Gasteiger partial charge in [-0.05, 0) is 160 Å². The third-order valence-electron chi connectivity index (χ3n) is 21.5. The van der Waals surface area contributed by atoms with Crippen LogP contribution in [0.1, 0.15) is 102 Å². The number of alkyl halides is 12. The zero-order chi connectivity index (χ0) is 102. The largest absolute Gasteiger partial charge is 0.457 e. The summed E-state index contributed by atoms with van der Waals surface area (Å²) in [4.78, 5) is 116. The predicted molar refractivity (Wildman–Crippen MR) is 416 cm³/mol. The SMILES string of the molecule is O=Cc1c(-c2cc(C(=O)OCc3c(F)c(F)c(F)c(F)c3F)cc(C(=O)OCc3c(F)c(F)c(F)c(F)c3F)c2)cc(OC(=O)Cc2ccc(-n3c(=O)c4cc(-c5cc(C(F)(F)F)cc(C(F)(F)F)c5)c5oc6ccccc6c6c(-c7cc(C(F)(F)F)cc(C(F)(F)F)c7)cc(c3=O)c4c56)cc2)cc1-c1cc(C(=O)OCc2c(F)c(F)c(F)c(F)c2F)cc(C(=O)OCc2c(F)c(F)c(F)c(F)c2F)c1. The molecule has 0 atom stereocenters. The standard InChI is InChI=1S/C93H35F32NO14/c94-63-54(64(95)72(103)79(110)71(63)102)27-135-86(131)36-10-32(11-37(14-36)87(132)136-28-55-65(96)73(104)80(111)74(105)66(55)97)47-22-45(23-48(53(47)26-127)33-12-38(88(133)137-29-56-67(98)75(106)81(112)76(107)68(56)99)15-39(13-33)89(134)138-30-57-69(100)77(108)82(113)78(109)70(57)101)139-59(128)9-31-5-7-44(8-6-31)126-84(129)51-24-49(34-16-40(90(114,115)116)20-41(17-34)91(117,118)119)60-46-3-1-2-4-58(46)140-83-50(25-52(85(126)130)61(51)62(60)83)35-18-42(92(120,121)122)21-43(19-35)93(123,124)125/h1-8,10-26H,9,27-30H2. The van der Waals surface area contributed by atoms with E-state index in [1.807, 2.05) is 0 Å². The Hall–Kier alpha value is -16.2. The van der Waals surface area contributed by atoms with Crippen molar-refractivity contribution >= 4 is 79.6 Å². The molecule has 15 nitrogen and oxygen atoms in total. The molecule has 720 valence electrons. The monoisotopic (exact) mass is 2000 g/mol. The number of esters is 5. The first-order chi connectivity index (χ1) is 65.6. The van der Waals surface area contributed by atoms with Crippen LogP contribution in [0.25, 0.3) is 93.7 Å². The maximum atomic E-state index is 15.4. The number of halogens is 32. The lowest BCUT2D eigenvalue weighted by molar-refractivity contribution is -0.144. The van der Waals surface area contributed by atoms with E-state index >= 15 is 44.7 Å². The third kappa shape index (κ3) is 17.9. The van der Waals surface area contributed by atoms with Crippen molar-refractivity contribution in [2.24, 2.45) is 0 Å². The molecule has 0 aliphatic rings. The Morgan fingerprint density at radius 2 is 0.614 bits per heavy atom. The Bertz CT molecular complexity index is 7340. The lowest BCUT2D eigenvalue weighted by Gasteiger charge is -2.21. The highest BCUT2D eigenvalue weighted by molar-refractivity contribution is 6.32. The number of ether oxygens (including phenoxy) is 5. The van der Waals surface area contributed by atoms with Gasteiger partial charge >= 0.3 is 54.6 Å². The van der Waals surface area contributed by atoms with E-state index in [1.165, 1.54) is 12.1 Å². The van der Waals surface area contributed by atoms with E-state index in [9.17, 15) is 134 Å². The van der Waals surface area contributed by atoms with Crippen molar-refractivity contribution in [1.82, 2.24) is 4.57 Å². The second kappa shape index (κ2) is 36.4. The first-order valence-corrected chi connectivity index (χ1v) is 38.5. The van der Waals surface area contributed by atoms with Crippen LogP contribution in [0.4, 0.5) is 140 Å². The highest BCUT2D eigenvalue weighted by Crippen LogP contribution is 2.51. The van der Waals surface area contributed by atoms with Crippen molar-refractivity contribution in [1.29, 1.82) is 0 Å². The number of carbonyl (C=O) groups is 6. The summed E-state index contributed by atoms with van der Waals surface area (Å²) in [5.74, 6) is -64.5. The zero-order valence-corrected chi connectivity index (χ0v) is 67.7. The molecule has 2 heterocycles. The number of pyridine rings is 1. The van der Waals surface area contributed by atoms with Crippen molar-refractivity contribution < 1.29 is 197 Å². The summed E-state index contributed by atoms with van der Waals surface area (Å²) < 4.78 is 502. The van der Waals surface area contributed by atoms with Crippen LogP contribution in [0, 0.1) is 116 Å². The number of nitrogens with zero attached hydrogens (tertiary/aromatic N) is 1. The van der Waals surface area contributed by atoms with Crippen molar-refractivity contribution in [3.63, 3.8) is 0 Å². The van der Waals surface area contributed by atoms with Crippen LogP contribution in [0.5, 0.6) is 5.75 Å². The average molecular weight is 2000 g/mol. The summed E-state index contributed by atoms with van der Waals surface area (Å²) in [5.41, 5.74) is -35.1. The Kier molecular flexibility index (Phi) is 25.6. The molecule has 0 unspecified atom stereocenters. The van der Waals surface area contributed by atoms with Gasteiger partial charge in [-0.3, -0.25) is 19.2 Å². The normalized spacial score (nSPS) is 12.1. The van der Waals surface area contributed by atoms with E-state index < -0.39 is 381 Å². The number of rotatable bonds is 21. The molecule has 0 amide bonds. The van der Waals surface area contributed by atoms with Gasteiger partial charge in [0.1, 0.15) is 43.3 Å². The highest BCUT2D eigenvalue weighted by Gasteiger charge is 2.42. The summed E-state index contributed by atoms with van der Waals surface area (Å²) >= 11 is 0. The fraction of sp³-hybridized carbons (Fsp3) is 0.0968. The molecular formula is C93H35F32NO14. The number of hydrogen-bond acceptors (Lipinski definition) is 14. The van der Waals surface area contributed by atoms with Gasteiger partial charge in [0.2, 0.25) is 23.3 Å². The molecule has 0 aliphatic carbocycles. The molecule has 15 aromatic rings. The van der Waals surface area contributed by atoms with Crippen LogP contribution in [-0.4, -0.2) is 40.7 Å². The number of hydrogen-bond donors (Lipinski definition) is 0. The van der Waals surface area contributed by atoms with Crippen LogP contribution in [0.15, 0.2) is 160 Å². The Balaban J connectivity index is 0.902. The number of carbonyl (C=O) groups excluding carboxylic acids is 6. The van der Waals surface area contributed by atoms with Crippen LogP contribution < -0.4 is 15.9 Å². The van der Waals surface area contributed by atoms with E-state index in [1.54, 1.807) is 0 Å². The van der Waals surface area contributed by atoms with E-state index in [4.69, 9.17) is 28.1 Å². The lowest BCUT2D eigenvalue weighted by atomic mass is 9.86. The number of para-hydroxylation sites is 1. The second-order valence-electron chi connectivity index (χ2n) is 30.0. The van der Waals surface area contributed by atoms with Crippen LogP contribution in [0.3, 0.4) is 0 Å². The van der Waals surface area contributed by atoms with E-state index in [2.05, 4.69) is 0 Å². The summed E-state index contributed by atoms with van der Waals surface area (Å²) in [6.07, 6.45) is -24.0. The van der Waals surface area contributed by atoms with Crippen molar-refractivity contribution in [2.75, 3.05) is 0 Å². The van der Waals surface area contributed by atoms with Gasteiger partial charge in [-0.1, -0.05) is 30.3 Å². The second-order valence-corrected chi connectivity index (χ2v) is 30.0. The molecule has 0 radical (unpaired) electrons. The van der Waals surface area contributed by atoms with Crippen molar-refractivity contribution in [3.05, 3.63) is 361 Å². The molecule has 0 spiro atoms. The summed E-state index contributed by atoms with van der Waals surface area (Å²) in [5, 5.41) is -3.81. The van der Waals surface area contributed by atoms with Gasteiger partial charge in [-0.2, -0.15) is 52.7 Å². The van der Waals surface area contributed by atoms with Gasteiger partial charge in [0.25, 0.3) is 11.1 Å². The van der Waals surface area contributed by atoms with Crippen molar-refractivity contribution in [2.45, 2.75) is 57.6 Å². The quantitative estimate of drug-likeness (QED) is 0.00757. The minimum absolute atomic E-state index is 0.149. The average Bonchev–Trinajstić information content (AvgIpc) is 0.689. The van der Waals surface area contributed by atoms with Gasteiger partial charge in [0.05, 0.1) is 78.9 Å². The number of benzene rings is 13. The molecule has 0 saturated heterocycles. The van der Waals surface area contributed by atoms with Crippen LogP contribution in [0.2, 0.25) is 0 Å². The summed E-state index contributed by atoms with van der Waals surface area (Å²) in [7, 11) is 0. The van der Waals surface area contributed by atoms with Gasteiger partial charge in [-0.25, -0.2) is 112 Å². The predicted octanol–water partition coefficient (Wildman–Crippen LogP) is 24.8. The van der Waals surface area contributed by atoms with Crippen LogP contribution in [-0.2, 0) is 81.3 Å². The minimum atomic E-state index is -5.62. The number of fused-ring (bicyclic) bond motifs is 2. The van der Waals surface area contributed by atoms with Crippen LogP contribution >= 0.6 is 0 Å². The molecule has 0 saturated carbocycles. The smallest absolute Gasteiger partial charge is 0.416 e. The van der Waals surface area contributed by atoms with Gasteiger partial charge in [0, 0.05) is 43.4 Å². The fourth-order valence-electron chi connectivity index (χ4n) is 14.8. The van der Waals surface area contributed by atoms with Gasteiger partial charge in [-0.15, -0.1) is 0 Å². The van der Waals surface area contributed by atoms with Gasteiger partial charge < -0.3 is 28.1 Å². The molecule has 13 aromatic carbocycles. The topological polar surface area (TPSA) is 201 Å². The number of aldehydes is 1. The molecule has 2 aromatic heterocycles. The van der Waals surface area contributed by atoms with Gasteiger partial charge in [0.15, 0.2) is 99.4 Å². The van der Waals surface area contributed by atoms with E-state index in [0.717, 1.165) is 36.4 Å². The minimum Gasteiger partial charge on any atom is -0.457 e. The summed E-state index contributed by atoms with van der Waals surface area (Å²) in [6, 6.07) is 12.6. The fourth-order valence-corrected chi connectivity index (χ4v) is 14.8. The molecule has 47 heteroatoms. The Morgan fingerprint density at radius 3 is 0.936 bits per heavy atom.